The number of rotatable bonds is 8. The largest absolute Gasteiger partial charge is 0.291 e. The molecule has 0 saturated heterocycles. The third kappa shape index (κ3) is 5.42. The number of hydrogen-bond acceptors (Lipinski definition) is 2. The van der Waals surface area contributed by atoms with Gasteiger partial charge < -0.3 is 0 Å². The van der Waals surface area contributed by atoms with E-state index in [1.54, 1.807) is 0 Å². The molecule has 2 nitrogen and oxygen atoms in total. The van der Waals surface area contributed by atoms with E-state index in [0.717, 1.165) is 21.4 Å². The van der Waals surface area contributed by atoms with Crippen LogP contribution in [0.2, 0.25) is 0 Å². The first-order valence-electron chi connectivity index (χ1n) is 12.0. The van der Waals surface area contributed by atoms with Crippen LogP contribution in [0.5, 0.6) is 0 Å². The van der Waals surface area contributed by atoms with E-state index in [4.69, 9.17) is 4.98 Å². The normalized spacial score (nSPS) is 20.6. The second-order valence-corrected chi connectivity index (χ2v) is 12.3. The van der Waals surface area contributed by atoms with Crippen molar-refractivity contribution in [1.29, 1.82) is 0 Å². The molecule has 2 aliphatic rings. The Balaban J connectivity index is 1.65. The number of hydrogen-bond donors (Lipinski definition) is 1. The van der Waals surface area contributed by atoms with Crippen LogP contribution in [0.4, 0.5) is 0 Å². The maximum absolute atomic E-state index is 4.75. The molecule has 30 heavy (non-hydrogen) atoms. The van der Waals surface area contributed by atoms with Crippen LogP contribution in [-0.2, 0) is 0 Å². The summed E-state index contributed by atoms with van der Waals surface area (Å²) in [5.41, 5.74) is 1.79. The highest BCUT2D eigenvalue weighted by Gasteiger charge is 2.46. The highest BCUT2D eigenvalue weighted by Crippen LogP contribution is 2.45. The summed E-state index contributed by atoms with van der Waals surface area (Å²) in [6.45, 7) is 2.43. The molecule has 2 unspecified atom stereocenters. The molecular weight excluding hydrogens is 399 g/mol. The summed E-state index contributed by atoms with van der Waals surface area (Å²) in [6.07, 6.45) is 16.1. The second kappa shape index (κ2) is 11.0. The summed E-state index contributed by atoms with van der Waals surface area (Å²) in [7, 11) is 1.59. The first kappa shape index (κ1) is 22.2. The van der Waals surface area contributed by atoms with Crippen LogP contribution in [-0.4, -0.2) is 19.7 Å². The molecule has 2 radical (unpaired) electrons. The Morgan fingerprint density at radius 3 is 2.03 bits per heavy atom. The Labute approximate surface area is 187 Å². The standard InChI is InChI=1S/C26H37N2PSi/c1-21(25-19-11-12-20-27-25)30-26(22-13-5-2-6-14-22,23-15-7-3-8-16-23)28-29-24-17-9-4-10-18-24/h4,9-12,17-23,28-29H,2-3,5-8,13-16H2,1H3. The van der Waals surface area contributed by atoms with Gasteiger partial charge in [-0.2, -0.15) is 0 Å². The van der Waals surface area contributed by atoms with Crippen LogP contribution in [0.1, 0.15) is 82.4 Å². The molecule has 2 aliphatic carbocycles. The average Bonchev–Trinajstić information content (AvgIpc) is 2.84. The predicted octanol–water partition coefficient (Wildman–Crippen LogP) is 6.21. The Hall–Kier alpha value is -1.02. The number of pyridine rings is 1. The van der Waals surface area contributed by atoms with E-state index in [0.29, 0.717) is 14.3 Å². The molecule has 160 valence electrons. The lowest BCUT2D eigenvalue weighted by Gasteiger charge is -2.51. The van der Waals surface area contributed by atoms with E-state index in [2.05, 4.69) is 54.5 Å². The lowest BCUT2D eigenvalue weighted by atomic mass is 9.73. The van der Waals surface area contributed by atoms with Crippen molar-refractivity contribution in [3.05, 3.63) is 60.4 Å². The highest BCUT2D eigenvalue weighted by atomic mass is 31.1. The summed E-state index contributed by atoms with van der Waals surface area (Å²) in [5, 5.41) is 6.02. The van der Waals surface area contributed by atoms with Crippen molar-refractivity contribution >= 4 is 23.6 Å². The van der Waals surface area contributed by atoms with Gasteiger partial charge in [0.1, 0.15) is 0 Å². The first-order chi connectivity index (χ1) is 14.8. The number of benzene rings is 1. The minimum atomic E-state index is 0.270. The molecule has 4 rings (SSSR count). The lowest BCUT2D eigenvalue weighted by molar-refractivity contribution is 0.156. The molecule has 1 aromatic carbocycles. The topological polar surface area (TPSA) is 24.9 Å². The van der Waals surface area contributed by atoms with Gasteiger partial charge in [0, 0.05) is 17.1 Å². The third-order valence-electron chi connectivity index (χ3n) is 7.27. The van der Waals surface area contributed by atoms with Gasteiger partial charge in [-0.25, -0.2) is 0 Å². The molecule has 1 aromatic heterocycles. The van der Waals surface area contributed by atoms with Crippen LogP contribution >= 0.6 is 8.73 Å². The number of aromatic nitrogens is 1. The van der Waals surface area contributed by atoms with E-state index in [1.807, 2.05) is 12.3 Å². The van der Waals surface area contributed by atoms with Crippen molar-refractivity contribution in [2.75, 3.05) is 0 Å². The minimum Gasteiger partial charge on any atom is -0.291 e. The molecule has 2 atom stereocenters. The zero-order valence-electron chi connectivity index (χ0n) is 18.4. The Kier molecular flexibility index (Phi) is 8.15. The van der Waals surface area contributed by atoms with Gasteiger partial charge in [0.2, 0.25) is 0 Å². The predicted molar refractivity (Wildman–Crippen MR) is 132 cm³/mol. The van der Waals surface area contributed by atoms with E-state index in [-0.39, 0.29) is 5.16 Å². The van der Waals surface area contributed by atoms with Gasteiger partial charge in [-0.3, -0.25) is 10.1 Å². The molecule has 2 fully saturated rings. The van der Waals surface area contributed by atoms with Crippen LogP contribution in [0, 0.1) is 11.8 Å². The van der Waals surface area contributed by atoms with Crippen molar-refractivity contribution in [3.63, 3.8) is 0 Å². The van der Waals surface area contributed by atoms with Crippen molar-refractivity contribution in [2.45, 2.75) is 81.8 Å². The molecule has 0 spiro atoms. The molecule has 2 aromatic rings. The molecule has 1 heterocycles. The lowest BCUT2D eigenvalue weighted by Crippen LogP contribution is -2.60. The molecular formula is C26H37N2PSi. The molecule has 0 amide bonds. The second-order valence-electron chi connectivity index (χ2n) is 9.28. The van der Waals surface area contributed by atoms with Gasteiger partial charge in [-0.1, -0.05) is 81.8 Å². The van der Waals surface area contributed by atoms with E-state index < -0.39 is 0 Å². The Morgan fingerprint density at radius 2 is 1.47 bits per heavy atom. The maximum Gasteiger partial charge on any atom is 0.0770 e. The van der Waals surface area contributed by atoms with Gasteiger partial charge >= 0.3 is 0 Å². The molecule has 0 bridgehead atoms. The van der Waals surface area contributed by atoms with Crippen molar-refractivity contribution in [3.8, 4) is 0 Å². The fourth-order valence-corrected chi connectivity index (χ4v) is 9.37. The van der Waals surface area contributed by atoms with E-state index >= 15 is 0 Å². The zero-order valence-corrected chi connectivity index (χ0v) is 20.4. The van der Waals surface area contributed by atoms with Gasteiger partial charge in [-0.15, -0.1) is 0 Å². The average molecular weight is 437 g/mol. The molecule has 4 heteroatoms. The van der Waals surface area contributed by atoms with Crippen molar-refractivity contribution in [2.24, 2.45) is 11.8 Å². The summed E-state index contributed by atoms with van der Waals surface area (Å²) in [4.78, 5) is 4.75. The van der Waals surface area contributed by atoms with Crippen LogP contribution < -0.4 is 10.4 Å². The summed E-state index contributed by atoms with van der Waals surface area (Å²) >= 11 is 0. The first-order valence-corrected chi connectivity index (χ1v) is 14.1. The highest BCUT2D eigenvalue weighted by molar-refractivity contribution is 7.45. The van der Waals surface area contributed by atoms with Gasteiger partial charge in [0.05, 0.1) is 9.52 Å². The molecule has 0 aliphatic heterocycles. The summed E-state index contributed by atoms with van der Waals surface area (Å²) in [5.74, 6) is 1.63. The molecule has 2 saturated carbocycles. The summed E-state index contributed by atoms with van der Waals surface area (Å²) in [6, 6.07) is 17.5. The SMILES string of the molecule is CC([Si]C(NPc1ccccc1)(C1CCCCC1)C1CCCCC1)c1ccccn1. The third-order valence-corrected chi connectivity index (χ3v) is 10.8. The quantitative estimate of drug-likeness (QED) is 0.393. The molecule has 1 N–H and O–H groups in total. The van der Waals surface area contributed by atoms with Crippen molar-refractivity contribution < 1.29 is 0 Å². The fourth-order valence-electron chi connectivity index (χ4n) is 5.69. The summed E-state index contributed by atoms with van der Waals surface area (Å²) < 4.78 is 0. The van der Waals surface area contributed by atoms with Crippen LogP contribution in [0.3, 0.4) is 0 Å². The smallest absolute Gasteiger partial charge is 0.0770 e. The van der Waals surface area contributed by atoms with Gasteiger partial charge in [0.25, 0.3) is 0 Å². The number of nitrogens with zero attached hydrogens (tertiary/aromatic N) is 1. The van der Waals surface area contributed by atoms with Gasteiger partial charge in [-0.05, 0) is 69.2 Å². The fraction of sp³-hybridized carbons (Fsp3) is 0.577. The van der Waals surface area contributed by atoms with E-state index in [9.17, 15) is 0 Å². The Morgan fingerprint density at radius 1 is 0.867 bits per heavy atom. The Bertz CT molecular complexity index is 724. The maximum atomic E-state index is 4.75. The van der Waals surface area contributed by atoms with E-state index in [1.165, 1.54) is 75.2 Å². The zero-order chi connectivity index (χ0) is 20.7. The number of nitrogens with one attached hydrogen (secondary N) is 1. The van der Waals surface area contributed by atoms with Crippen LogP contribution in [0.15, 0.2) is 54.7 Å². The monoisotopic (exact) mass is 436 g/mol. The van der Waals surface area contributed by atoms with Gasteiger partial charge in [0.15, 0.2) is 0 Å². The minimum absolute atomic E-state index is 0.270. The van der Waals surface area contributed by atoms with Crippen molar-refractivity contribution in [1.82, 2.24) is 10.1 Å². The van der Waals surface area contributed by atoms with Crippen LogP contribution in [0.25, 0.3) is 0 Å².